The van der Waals surface area contributed by atoms with Crippen molar-refractivity contribution in [3.8, 4) is 0 Å². The summed E-state index contributed by atoms with van der Waals surface area (Å²) in [6.45, 7) is 5.26. The summed E-state index contributed by atoms with van der Waals surface area (Å²) in [4.78, 5) is 41.4. The Labute approximate surface area is 533 Å². The van der Waals surface area contributed by atoms with E-state index in [0.29, 0.717) is 51.4 Å². The number of thiophene rings is 3. The van der Waals surface area contributed by atoms with E-state index in [9.17, 15) is 59.0 Å². The molecule has 0 saturated carbocycles. The Morgan fingerprint density at radius 1 is 0.467 bits per heavy atom. The van der Waals surface area contributed by atoms with Crippen LogP contribution in [0.3, 0.4) is 0 Å². The molecule has 9 aromatic rings. The zero-order valence-electron chi connectivity index (χ0n) is 49.3. The first-order chi connectivity index (χ1) is 44.0. The molecular formula is C67H54F9N7O6S3. The van der Waals surface area contributed by atoms with Gasteiger partial charge in [-0.1, -0.05) is 54.6 Å². The molecule has 0 aliphatic carbocycles. The quantitative estimate of drug-likeness (QED) is 0.0581. The van der Waals surface area contributed by atoms with Crippen molar-refractivity contribution in [2.75, 3.05) is 42.4 Å². The second-order valence-corrected chi connectivity index (χ2v) is 24.5. The number of halogens is 9. The van der Waals surface area contributed by atoms with Crippen LogP contribution in [-0.4, -0.2) is 84.1 Å². The van der Waals surface area contributed by atoms with Crippen LogP contribution in [-0.2, 0) is 23.9 Å². The third kappa shape index (κ3) is 12.6. The first-order valence-corrected chi connectivity index (χ1v) is 30.7. The zero-order valence-corrected chi connectivity index (χ0v) is 51.7. The van der Waals surface area contributed by atoms with E-state index in [4.69, 9.17) is 9.47 Å². The predicted octanol–water partition coefficient (Wildman–Crippen LogP) is 14.8. The van der Waals surface area contributed by atoms with Crippen LogP contribution in [0.15, 0.2) is 195 Å². The van der Waals surface area contributed by atoms with Crippen LogP contribution in [0.5, 0.6) is 0 Å². The molecule has 0 saturated heterocycles. The number of rotatable bonds is 15. The van der Waals surface area contributed by atoms with Gasteiger partial charge in [-0.25, -0.2) is 64.1 Å². The average Bonchev–Trinajstić information content (AvgIpc) is 1.58. The zero-order chi connectivity index (χ0) is 65.8. The third-order valence-electron chi connectivity index (χ3n) is 15.8. The standard InChI is InChI=1S/C24H22F3N3O2S.C22H17F3N2O2S.C21H15F3N2O2S/c1-24(23(31)28-11-12-32-2)21(20-4-3-13-33-20)22(15-5-7-16(25)8-6-15)29-30(24)19-10-9-17(26)14-18(19)27;1-22(21(28)29-2)19(18-4-3-11-30-18)20(13-5-7-14(23)8-6-13)26-27(22)17-10-9-15(24)12-16(17)25;1-21(20(27)28)18(17-3-2-10-29-17)19(12-4-6-13(22)7-5-12)25-26(21)16-9-8-14(23)11-15(16)24/h3-10,13-14,21H,11-12H2,1-2H3,(H,28,31);3-12,19H,1-2H3;2-11,18H,1H3,(H,27,28). The van der Waals surface area contributed by atoms with Crippen molar-refractivity contribution in [2.45, 2.75) is 55.1 Å². The third-order valence-corrected chi connectivity index (χ3v) is 18.7. The van der Waals surface area contributed by atoms with Gasteiger partial charge in [-0.2, -0.15) is 15.3 Å². The van der Waals surface area contributed by atoms with Gasteiger partial charge >= 0.3 is 11.9 Å². The maximum atomic E-state index is 14.9. The Morgan fingerprint density at radius 3 is 1.09 bits per heavy atom. The van der Waals surface area contributed by atoms with Crippen LogP contribution in [0, 0.1) is 52.4 Å². The fourth-order valence-corrected chi connectivity index (χ4v) is 14.1. The molecule has 0 radical (unpaired) electrons. The monoisotopic (exact) mass is 1320 g/mol. The van der Waals surface area contributed by atoms with Gasteiger partial charge in [0.1, 0.15) is 34.9 Å². The van der Waals surface area contributed by atoms with Crippen molar-refractivity contribution in [3.05, 3.63) is 264 Å². The number of hydrazone groups is 3. The number of carboxylic acid groups (broad SMARTS) is 1. The van der Waals surface area contributed by atoms with E-state index in [-0.39, 0.29) is 23.6 Å². The molecule has 0 spiro atoms. The van der Waals surface area contributed by atoms with E-state index in [2.05, 4.69) is 20.6 Å². The molecule has 6 unspecified atom stereocenters. The van der Waals surface area contributed by atoms with Crippen LogP contribution in [0.4, 0.5) is 56.6 Å². The summed E-state index contributed by atoms with van der Waals surface area (Å²) >= 11 is 4.19. The Balaban J connectivity index is 0.000000152. The van der Waals surface area contributed by atoms with Gasteiger partial charge in [-0.15, -0.1) is 34.0 Å². The molecular weight excluding hydrogens is 1270 g/mol. The smallest absolute Gasteiger partial charge is 0.334 e. The highest BCUT2D eigenvalue weighted by atomic mass is 32.1. The minimum absolute atomic E-state index is 0.0422. The molecule has 3 aliphatic heterocycles. The van der Waals surface area contributed by atoms with Crippen LogP contribution >= 0.6 is 34.0 Å². The van der Waals surface area contributed by atoms with Crippen molar-refractivity contribution < 1.29 is 68.5 Å². The molecule has 6 atom stereocenters. The van der Waals surface area contributed by atoms with E-state index in [0.717, 1.165) is 51.2 Å². The first-order valence-electron chi connectivity index (χ1n) is 28.0. The van der Waals surface area contributed by atoms with Crippen molar-refractivity contribution >= 4 is 86.1 Å². The second-order valence-electron chi connectivity index (χ2n) is 21.5. The number of anilines is 3. The van der Waals surface area contributed by atoms with Crippen molar-refractivity contribution in [3.63, 3.8) is 0 Å². The summed E-state index contributed by atoms with van der Waals surface area (Å²) in [5, 5.41) is 35.8. The number of hydrogen-bond acceptors (Lipinski definition) is 14. The Bertz CT molecular complexity index is 4240. The molecule has 13 nitrogen and oxygen atoms in total. The second kappa shape index (κ2) is 27.2. The molecule has 6 aromatic carbocycles. The lowest BCUT2D eigenvalue weighted by Gasteiger charge is -2.37. The summed E-state index contributed by atoms with van der Waals surface area (Å²) in [6, 6.07) is 37.0. The number of hydrogen-bond donors (Lipinski definition) is 2. The number of methoxy groups -OCH3 is 2. The van der Waals surface area contributed by atoms with Crippen molar-refractivity contribution in [1.29, 1.82) is 0 Å². The molecule has 3 aliphatic rings. The maximum absolute atomic E-state index is 14.9. The molecule has 92 heavy (non-hydrogen) atoms. The van der Waals surface area contributed by atoms with Crippen LogP contribution in [0.25, 0.3) is 0 Å². The Kier molecular flexibility index (Phi) is 19.4. The van der Waals surface area contributed by atoms with Gasteiger partial charge in [-0.3, -0.25) is 4.79 Å². The number of amides is 1. The molecule has 25 heteroatoms. The average molecular weight is 1320 g/mol. The SMILES string of the molecule is CC1(C(=O)O)C(c2cccs2)C(c2ccc(F)cc2)=NN1c1ccc(F)cc1F.COC(=O)C1(C)C(c2cccs2)C(c2ccc(F)cc2)=NN1c1ccc(F)cc1F.COCCNC(=O)C1(C)C(c2cccs2)C(c2ccc(F)cc2)=NN1c1ccc(F)cc1F. The number of carbonyl (C=O) groups is 3. The Morgan fingerprint density at radius 2 is 0.783 bits per heavy atom. The molecule has 1 amide bonds. The number of carbonyl (C=O) groups excluding carboxylic acids is 2. The van der Waals surface area contributed by atoms with E-state index >= 15 is 0 Å². The minimum Gasteiger partial charge on any atom is -0.479 e. The van der Waals surface area contributed by atoms with Gasteiger partial charge in [0.15, 0.2) is 34.1 Å². The topological polar surface area (TPSA) is 149 Å². The summed E-state index contributed by atoms with van der Waals surface area (Å²) in [5.41, 5.74) is -1.83. The summed E-state index contributed by atoms with van der Waals surface area (Å²) in [7, 11) is 2.77. The number of esters is 1. The fourth-order valence-electron chi connectivity index (χ4n) is 11.3. The normalized spacial score (nSPS) is 20.7. The summed E-state index contributed by atoms with van der Waals surface area (Å²) in [5.74, 6) is -10.4. The number of nitrogens with one attached hydrogen (secondary N) is 1. The van der Waals surface area contributed by atoms with Gasteiger partial charge in [-0.05, 0) is 145 Å². The largest absolute Gasteiger partial charge is 0.479 e. The van der Waals surface area contributed by atoms with Gasteiger partial charge in [0.25, 0.3) is 0 Å². The van der Waals surface area contributed by atoms with E-state index in [1.807, 2.05) is 35.0 Å². The van der Waals surface area contributed by atoms with E-state index in [1.54, 1.807) is 55.6 Å². The van der Waals surface area contributed by atoms with E-state index < -0.39 is 105 Å². The molecule has 6 heterocycles. The lowest BCUT2D eigenvalue weighted by Crippen LogP contribution is -2.57. The number of aliphatic carboxylic acids is 1. The molecule has 0 fully saturated rings. The number of nitrogens with zero attached hydrogens (tertiary/aromatic N) is 6. The lowest BCUT2D eigenvalue weighted by molar-refractivity contribution is -0.146. The van der Waals surface area contributed by atoms with Gasteiger partial charge in [0.2, 0.25) is 5.91 Å². The lowest BCUT2D eigenvalue weighted by atomic mass is 9.78. The first kappa shape index (κ1) is 65.5. The highest BCUT2D eigenvalue weighted by Gasteiger charge is 2.59. The summed E-state index contributed by atoms with van der Waals surface area (Å²) in [6.07, 6.45) is 0. The number of benzene rings is 6. The van der Waals surface area contributed by atoms with Gasteiger partial charge in [0.05, 0.1) is 65.7 Å². The van der Waals surface area contributed by atoms with Crippen LogP contribution in [0.1, 0.15) is 69.8 Å². The van der Waals surface area contributed by atoms with Crippen LogP contribution < -0.4 is 20.3 Å². The van der Waals surface area contributed by atoms with Gasteiger partial charge in [0, 0.05) is 46.5 Å². The Hall–Kier alpha value is -9.43. The molecule has 474 valence electrons. The minimum atomic E-state index is -1.69. The molecule has 2 N–H and O–H groups in total. The molecule has 0 bridgehead atoms. The molecule has 3 aromatic heterocycles. The molecule has 12 rings (SSSR count). The van der Waals surface area contributed by atoms with Crippen molar-refractivity contribution in [1.82, 2.24) is 5.32 Å². The predicted molar refractivity (Wildman–Crippen MR) is 336 cm³/mol. The summed E-state index contributed by atoms with van der Waals surface area (Å²) < 4.78 is 135. The van der Waals surface area contributed by atoms with E-state index in [1.165, 1.54) is 126 Å². The number of carboxylic acids is 1. The number of ether oxygens (including phenoxy) is 2. The van der Waals surface area contributed by atoms with Crippen molar-refractivity contribution in [2.24, 2.45) is 15.3 Å². The van der Waals surface area contributed by atoms with Crippen LogP contribution in [0.2, 0.25) is 0 Å². The highest BCUT2D eigenvalue weighted by Crippen LogP contribution is 2.50. The fraction of sp³-hybridized carbons (Fsp3) is 0.194. The highest BCUT2D eigenvalue weighted by molar-refractivity contribution is 7.10. The maximum Gasteiger partial charge on any atom is 0.334 e. The van der Waals surface area contributed by atoms with Gasteiger partial charge < -0.3 is 19.9 Å².